The molecule has 0 unspecified atom stereocenters. The smallest absolute Gasteiger partial charge is 0.338 e. The van der Waals surface area contributed by atoms with Gasteiger partial charge < -0.3 is 10.1 Å². The van der Waals surface area contributed by atoms with Gasteiger partial charge in [0.25, 0.3) is 5.91 Å². The second-order valence-corrected chi connectivity index (χ2v) is 7.73. The third kappa shape index (κ3) is 4.24. The van der Waals surface area contributed by atoms with Crippen molar-refractivity contribution in [2.24, 2.45) is 0 Å². The summed E-state index contributed by atoms with van der Waals surface area (Å²) in [6.07, 6.45) is 1.08. The molecule has 25 heavy (non-hydrogen) atoms. The van der Waals surface area contributed by atoms with Gasteiger partial charge in [-0.3, -0.25) is 4.79 Å². The van der Waals surface area contributed by atoms with Crippen LogP contribution < -0.4 is 5.32 Å². The number of aryl methyl sites for hydroxylation is 1. The van der Waals surface area contributed by atoms with Crippen molar-refractivity contribution in [3.63, 3.8) is 0 Å². The summed E-state index contributed by atoms with van der Waals surface area (Å²) in [5.74, 6) is -0.958. The van der Waals surface area contributed by atoms with Crippen LogP contribution in [0.4, 0.5) is 5.69 Å². The number of methoxy groups -OCH3 is 1. The SMILES string of the molecule is COC(=O)c1cc(NC(=O)c2cccc(S(C)(=O)=O)c2)cc(C)c1C. The fourth-order valence-corrected chi connectivity index (χ4v) is 2.99. The number of hydrogen-bond acceptors (Lipinski definition) is 5. The lowest BCUT2D eigenvalue weighted by molar-refractivity contribution is 0.0599. The van der Waals surface area contributed by atoms with E-state index in [-0.39, 0.29) is 10.5 Å². The standard InChI is InChI=1S/C18H19NO5S/c1-11-8-14(10-16(12(11)2)18(21)24-3)19-17(20)13-6-5-7-15(9-13)25(4,22)23/h5-10H,1-4H3,(H,19,20). The largest absolute Gasteiger partial charge is 0.465 e. The molecule has 0 bridgehead atoms. The van der Waals surface area contributed by atoms with Gasteiger partial charge in [-0.2, -0.15) is 0 Å². The van der Waals surface area contributed by atoms with Gasteiger partial charge in [-0.1, -0.05) is 6.07 Å². The normalized spacial score (nSPS) is 11.0. The highest BCUT2D eigenvalue weighted by Gasteiger charge is 2.15. The van der Waals surface area contributed by atoms with E-state index < -0.39 is 21.7 Å². The van der Waals surface area contributed by atoms with Gasteiger partial charge in [-0.05, 0) is 55.3 Å². The minimum absolute atomic E-state index is 0.0653. The van der Waals surface area contributed by atoms with Crippen LogP contribution in [0.1, 0.15) is 31.8 Å². The van der Waals surface area contributed by atoms with Gasteiger partial charge in [0, 0.05) is 17.5 Å². The minimum atomic E-state index is -3.41. The van der Waals surface area contributed by atoms with E-state index in [9.17, 15) is 18.0 Å². The summed E-state index contributed by atoms with van der Waals surface area (Å²) in [6, 6.07) is 9.04. The molecule has 1 N–H and O–H groups in total. The van der Waals surface area contributed by atoms with Gasteiger partial charge in [0.2, 0.25) is 0 Å². The van der Waals surface area contributed by atoms with Crippen LogP contribution in [0.5, 0.6) is 0 Å². The predicted molar refractivity (Wildman–Crippen MR) is 94.8 cm³/mol. The monoisotopic (exact) mass is 361 g/mol. The van der Waals surface area contributed by atoms with Crippen LogP contribution >= 0.6 is 0 Å². The number of carbonyl (C=O) groups is 2. The molecular weight excluding hydrogens is 342 g/mol. The van der Waals surface area contributed by atoms with Crippen molar-refractivity contribution in [1.82, 2.24) is 0 Å². The molecule has 1 amide bonds. The van der Waals surface area contributed by atoms with Crippen LogP contribution in [0.25, 0.3) is 0 Å². The molecule has 2 aromatic rings. The summed E-state index contributed by atoms with van der Waals surface area (Å²) in [4.78, 5) is 24.3. The maximum absolute atomic E-state index is 12.4. The summed E-state index contributed by atoms with van der Waals surface area (Å²) < 4.78 is 28.0. The molecule has 0 radical (unpaired) electrons. The van der Waals surface area contributed by atoms with Crippen LogP contribution in [-0.4, -0.2) is 33.7 Å². The number of rotatable bonds is 4. The molecule has 0 heterocycles. The Morgan fingerprint density at radius 2 is 1.76 bits per heavy atom. The van der Waals surface area contributed by atoms with Gasteiger partial charge in [0.05, 0.1) is 17.6 Å². The van der Waals surface area contributed by atoms with Crippen molar-refractivity contribution >= 4 is 27.4 Å². The maximum Gasteiger partial charge on any atom is 0.338 e. The van der Waals surface area contributed by atoms with Crippen molar-refractivity contribution < 1.29 is 22.7 Å². The average molecular weight is 361 g/mol. The van der Waals surface area contributed by atoms with E-state index in [0.717, 1.165) is 17.4 Å². The first-order valence-corrected chi connectivity index (χ1v) is 9.33. The van der Waals surface area contributed by atoms with Gasteiger partial charge >= 0.3 is 5.97 Å². The maximum atomic E-state index is 12.4. The number of nitrogens with one attached hydrogen (secondary N) is 1. The quantitative estimate of drug-likeness (QED) is 0.846. The molecule has 0 aromatic heterocycles. The summed E-state index contributed by atoms with van der Waals surface area (Å²) in [5.41, 5.74) is 2.59. The molecule has 0 aliphatic rings. The Hall–Kier alpha value is -2.67. The Morgan fingerprint density at radius 1 is 1.08 bits per heavy atom. The molecular formula is C18H19NO5S. The van der Waals surface area contributed by atoms with E-state index in [0.29, 0.717) is 11.3 Å². The van der Waals surface area contributed by atoms with E-state index in [4.69, 9.17) is 4.74 Å². The molecule has 0 fully saturated rings. The average Bonchev–Trinajstić information content (AvgIpc) is 2.56. The first-order chi connectivity index (χ1) is 11.6. The van der Waals surface area contributed by atoms with E-state index in [1.807, 2.05) is 6.92 Å². The van der Waals surface area contributed by atoms with Crippen LogP contribution in [0.2, 0.25) is 0 Å². The molecule has 6 nitrogen and oxygen atoms in total. The number of anilines is 1. The highest BCUT2D eigenvalue weighted by molar-refractivity contribution is 7.90. The minimum Gasteiger partial charge on any atom is -0.465 e. The molecule has 0 spiro atoms. The summed E-state index contributed by atoms with van der Waals surface area (Å²) in [6.45, 7) is 3.62. The van der Waals surface area contributed by atoms with Gasteiger partial charge in [-0.15, -0.1) is 0 Å². The fourth-order valence-electron chi connectivity index (χ4n) is 2.32. The number of carbonyl (C=O) groups excluding carboxylic acids is 2. The van der Waals surface area contributed by atoms with E-state index in [2.05, 4.69) is 5.32 Å². The molecule has 0 aliphatic heterocycles. The lowest BCUT2D eigenvalue weighted by atomic mass is 10.0. The Morgan fingerprint density at radius 3 is 2.36 bits per heavy atom. The molecule has 0 saturated carbocycles. The summed E-state index contributed by atoms with van der Waals surface area (Å²) in [5, 5.41) is 2.68. The van der Waals surface area contributed by atoms with Crippen LogP contribution in [0.15, 0.2) is 41.3 Å². The third-order valence-electron chi connectivity index (χ3n) is 3.85. The highest BCUT2D eigenvalue weighted by atomic mass is 32.2. The molecule has 7 heteroatoms. The Kier molecular flexibility index (Phi) is 5.27. The Labute approximate surface area is 146 Å². The topological polar surface area (TPSA) is 89.5 Å². The van der Waals surface area contributed by atoms with E-state index in [1.165, 1.54) is 37.4 Å². The second kappa shape index (κ2) is 7.06. The second-order valence-electron chi connectivity index (χ2n) is 5.71. The first-order valence-electron chi connectivity index (χ1n) is 7.44. The fraction of sp³-hybridized carbons (Fsp3) is 0.222. The number of esters is 1. The Balaban J connectivity index is 2.36. The van der Waals surface area contributed by atoms with E-state index >= 15 is 0 Å². The zero-order valence-corrected chi connectivity index (χ0v) is 15.2. The van der Waals surface area contributed by atoms with Crippen LogP contribution in [0.3, 0.4) is 0 Å². The lowest BCUT2D eigenvalue weighted by Crippen LogP contribution is -2.14. The van der Waals surface area contributed by atoms with Crippen LogP contribution in [-0.2, 0) is 14.6 Å². The number of ether oxygens (including phenoxy) is 1. The zero-order valence-electron chi connectivity index (χ0n) is 14.4. The molecule has 0 aliphatic carbocycles. The first kappa shape index (κ1) is 18.7. The zero-order chi connectivity index (χ0) is 18.8. The van der Waals surface area contributed by atoms with Gasteiger partial charge in [-0.25, -0.2) is 13.2 Å². The summed E-state index contributed by atoms with van der Waals surface area (Å²) in [7, 11) is -2.12. The van der Waals surface area contributed by atoms with Crippen molar-refractivity contribution in [1.29, 1.82) is 0 Å². The molecule has 2 rings (SSSR count). The van der Waals surface area contributed by atoms with Gasteiger partial charge in [0.1, 0.15) is 0 Å². The third-order valence-corrected chi connectivity index (χ3v) is 4.97. The number of amides is 1. The van der Waals surface area contributed by atoms with Crippen LogP contribution in [0, 0.1) is 13.8 Å². The number of hydrogen-bond donors (Lipinski definition) is 1. The molecule has 0 atom stereocenters. The molecule has 2 aromatic carbocycles. The predicted octanol–water partition coefficient (Wildman–Crippen LogP) is 2.75. The van der Waals surface area contributed by atoms with Crippen molar-refractivity contribution in [3.05, 3.63) is 58.7 Å². The molecule has 0 saturated heterocycles. The van der Waals surface area contributed by atoms with Crippen molar-refractivity contribution in [2.75, 3.05) is 18.7 Å². The summed E-state index contributed by atoms with van der Waals surface area (Å²) >= 11 is 0. The number of benzene rings is 2. The number of sulfone groups is 1. The van der Waals surface area contributed by atoms with Crippen molar-refractivity contribution in [2.45, 2.75) is 18.7 Å². The molecule has 132 valence electrons. The van der Waals surface area contributed by atoms with Crippen molar-refractivity contribution in [3.8, 4) is 0 Å². The Bertz CT molecular complexity index is 948. The highest BCUT2D eigenvalue weighted by Crippen LogP contribution is 2.22. The van der Waals surface area contributed by atoms with Gasteiger partial charge in [0.15, 0.2) is 9.84 Å². The lowest BCUT2D eigenvalue weighted by Gasteiger charge is -2.12. The van der Waals surface area contributed by atoms with E-state index in [1.54, 1.807) is 13.0 Å².